The second-order valence-corrected chi connectivity index (χ2v) is 4.10. The largest absolute Gasteiger partial charge is 0.508 e. The van der Waals surface area contributed by atoms with Crippen molar-refractivity contribution in [3.63, 3.8) is 0 Å². The molecule has 2 rings (SSSR count). The average molecular weight is 266 g/mol. The molecule has 6 heteroatoms. The van der Waals surface area contributed by atoms with Crippen LogP contribution in [0.1, 0.15) is 0 Å². The van der Waals surface area contributed by atoms with E-state index in [1.807, 2.05) is 0 Å². The maximum Gasteiger partial charge on any atom is 0.417 e. The van der Waals surface area contributed by atoms with Crippen LogP contribution in [0.3, 0.4) is 0 Å². The highest BCUT2D eigenvalue weighted by atomic mass is 32.2. The summed E-state index contributed by atoms with van der Waals surface area (Å²) < 4.78 is 21.5. The molecular formula is C12H10O5S. The molecule has 0 bridgehead atoms. The standard InChI is InChI=1S/C12H10O5S/c13-9-1-5-11(6-2-9)16-18(15)17-12-7-3-10(14)4-8-12/h1-8,13-14H. The Bertz CT molecular complexity index is 486. The molecule has 2 N–H and O–H groups in total. The monoisotopic (exact) mass is 266 g/mol. The molecule has 0 amide bonds. The lowest BCUT2D eigenvalue weighted by Gasteiger charge is -2.05. The average Bonchev–Trinajstić information content (AvgIpc) is 2.35. The van der Waals surface area contributed by atoms with E-state index in [1.54, 1.807) is 0 Å². The van der Waals surface area contributed by atoms with Crippen LogP contribution >= 0.6 is 0 Å². The highest BCUT2D eigenvalue weighted by molar-refractivity contribution is 7.75. The van der Waals surface area contributed by atoms with E-state index in [9.17, 15) is 4.21 Å². The first kappa shape index (κ1) is 12.3. The molecule has 5 nitrogen and oxygen atoms in total. The lowest BCUT2D eigenvalue weighted by atomic mass is 10.3. The molecule has 94 valence electrons. The molecule has 0 aliphatic heterocycles. The summed E-state index contributed by atoms with van der Waals surface area (Å²) in [5, 5.41) is 18.1. The Morgan fingerprint density at radius 2 is 1.06 bits per heavy atom. The quantitative estimate of drug-likeness (QED) is 0.886. The van der Waals surface area contributed by atoms with Crippen molar-refractivity contribution >= 4 is 11.4 Å². The van der Waals surface area contributed by atoms with Crippen molar-refractivity contribution in [1.82, 2.24) is 0 Å². The zero-order valence-electron chi connectivity index (χ0n) is 9.15. The van der Waals surface area contributed by atoms with Crippen LogP contribution in [0.5, 0.6) is 23.0 Å². The molecule has 0 fully saturated rings. The smallest absolute Gasteiger partial charge is 0.417 e. The molecule has 0 aromatic heterocycles. The summed E-state index contributed by atoms with van der Waals surface area (Å²) in [6.07, 6.45) is 0. The third-order valence-corrected chi connectivity index (χ3v) is 2.66. The number of rotatable bonds is 4. The summed E-state index contributed by atoms with van der Waals surface area (Å²) in [5.41, 5.74) is 0. The van der Waals surface area contributed by atoms with Gasteiger partial charge in [0.1, 0.15) is 23.0 Å². The summed E-state index contributed by atoms with van der Waals surface area (Å²) in [4.78, 5) is 0. The Kier molecular flexibility index (Phi) is 3.69. The minimum atomic E-state index is -2.00. The maximum atomic E-state index is 11.5. The van der Waals surface area contributed by atoms with Gasteiger partial charge in [-0.15, -0.1) is 0 Å². The molecule has 2 aromatic rings. The van der Waals surface area contributed by atoms with Gasteiger partial charge in [0.15, 0.2) is 0 Å². The topological polar surface area (TPSA) is 76.0 Å². The fourth-order valence-corrected chi connectivity index (χ4v) is 1.75. The van der Waals surface area contributed by atoms with Crippen LogP contribution in [-0.2, 0) is 11.4 Å². The zero-order valence-corrected chi connectivity index (χ0v) is 9.96. The lowest BCUT2D eigenvalue weighted by molar-refractivity contribution is 0.453. The van der Waals surface area contributed by atoms with Gasteiger partial charge in [-0.2, -0.15) is 4.21 Å². The Morgan fingerprint density at radius 3 is 1.39 bits per heavy atom. The second-order valence-electron chi connectivity index (χ2n) is 3.36. The molecule has 0 saturated heterocycles. The van der Waals surface area contributed by atoms with E-state index in [4.69, 9.17) is 18.6 Å². The van der Waals surface area contributed by atoms with E-state index < -0.39 is 11.4 Å². The van der Waals surface area contributed by atoms with Crippen LogP contribution in [-0.4, -0.2) is 14.4 Å². The fraction of sp³-hybridized carbons (Fsp3) is 0. The second kappa shape index (κ2) is 5.42. The Balaban J connectivity index is 1.96. The van der Waals surface area contributed by atoms with Crippen molar-refractivity contribution in [3.05, 3.63) is 48.5 Å². The van der Waals surface area contributed by atoms with Crippen LogP contribution < -0.4 is 8.37 Å². The summed E-state index contributed by atoms with van der Waals surface area (Å²) in [6.45, 7) is 0. The minimum absolute atomic E-state index is 0.0904. The minimum Gasteiger partial charge on any atom is -0.508 e. The van der Waals surface area contributed by atoms with Crippen molar-refractivity contribution in [2.45, 2.75) is 0 Å². The molecule has 0 spiro atoms. The maximum absolute atomic E-state index is 11.5. The van der Waals surface area contributed by atoms with Gasteiger partial charge in [-0.05, 0) is 48.5 Å². The summed E-state index contributed by atoms with van der Waals surface area (Å²) in [6, 6.07) is 11.5. The van der Waals surface area contributed by atoms with Crippen molar-refractivity contribution in [1.29, 1.82) is 0 Å². The number of phenolic OH excluding ortho intramolecular Hbond substituents is 2. The summed E-state index contributed by atoms with van der Waals surface area (Å²) in [7, 11) is 0. The van der Waals surface area contributed by atoms with E-state index in [0.717, 1.165) is 0 Å². The molecule has 0 radical (unpaired) electrons. The van der Waals surface area contributed by atoms with Gasteiger partial charge < -0.3 is 18.6 Å². The lowest BCUT2D eigenvalue weighted by Crippen LogP contribution is -2.07. The van der Waals surface area contributed by atoms with Gasteiger partial charge in [-0.25, -0.2) is 0 Å². The van der Waals surface area contributed by atoms with E-state index >= 15 is 0 Å². The Morgan fingerprint density at radius 1 is 0.722 bits per heavy atom. The molecule has 0 aliphatic carbocycles. The highest BCUT2D eigenvalue weighted by Gasteiger charge is 2.05. The van der Waals surface area contributed by atoms with Crippen molar-refractivity contribution in [3.8, 4) is 23.0 Å². The van der Waals surface area contributed by atoms with Crippen LogP contribution in [0.2, 0.25) is 0 Å². The van der Waals surface area contributed by atoms with Crippen molar-refractivity contribution in [2.75, 3.05) is 0 Å². The first-order valence-corrected chi connectivity index (χ1v) is 6.00. The van der Waals surface area contributed by atoms with E-state index in [2.05, 4.69) is 0 Å². The van der Waals surface area contributed by atoms with Crippen LogP contribution in [0.15, 0.2) is 48.5 Å². The SMILES string of the molecule is O=S(Oc1ccc(O)cc1)Oc1ccc(O)cc1. The highest BCUT2D eigenvalue weighted by Crippen LogP contribution is 2.20. The zero-order chi connectivity index (χ0) is 13.0. The molecule has 18 heavy (non-hydrogen) atoms. The molecule has 0 saturated carbocycles. The van der Waals surface area contributed by atoms with Crippen molar-refractivity contribution in [2.24, 2.45) is 0 Å². The third kappa shape index (κ3) is 3.39. The molecule has 0 atom stereocenters. The predicted octanol–water partition coefficient (Wildman–Crippen LogP) is 2.13. The summed E-state index contributed by atoms with van der Waals surface area (Å²) in [5.74, 6) is 0.801. The molecule has 0 unspecified atom stereocenters. The summed E-state index contributed by atoms with van der Waals surface area (Å²) >= 11 is -2.00. The molecule has 2 aromatic carbocycles. The van der Waals surface area contributed by atoms with Crippen molar-refractivity contribution < 1.29 is 22.8 Å². The molecule has 0 heterocycles. The van der Waals surface area contributed by atoms with Gasteiger partial charge in [0.2, 0.25) is 0 Å². The van der Waals surface area contributed by atoms with Gasteiger partial charge in [-0.3, -0.25) is 0 Å². The first-order chi connectivity index (χ1) is 8.63. The van der Waals surface area contributed by atoms with Gasteiger partial charge in [0.05, 0.1) is 0 Å². The molecular weight excluding hydrogens is 256 g/mol. The van der Waals surface area contributed by atoms with Crippen LogP contribution in [0.4, 0.5) is 0 Å². The molecule has 0 aliphatic rings. The van der Waals surface area contributed by atoms with E-state index in [-0.39, 0.29) is 11.5 Å². The van der Waals surface area contributed by atoms with Crippen LogP contribution in [0, 0.1) is 0 Å². The Labute approximate surface area is 106 Å². The van der Waals surface area contributed by atoms with Gasteiger partial charge >= 0.3 is 11.4 Å². The van der Waals surface area contributed by atoms with Gasteiger partial charge in [-0.1, -0.05) is 0 Å². The number of hydrogen-bond donors (Lipinski definition) is 2. The first-order valence-electron chi connectivity index (χ1n) is 5.00. The third-order valence-electron chi connectivity index (χ3n) is 2.00. The van der Waals surface area contributed by atoms with Gasteiger partial charge in [0.25, 0.3) is 0 Å². The van der Waals surface area contributed by atoms with E-state index in [1.165, 1.54) is 48.5 Å². The predicted molar refractivity (Wildman–Crippen MR) is 65.6 cm³/mol. The number of phenols is 2. The van der Waals surface area contributed by atoms with Crippen LogP contribution in [0.25, 0.3) is 0 Å². The number of hydrogen-bond acceptors (Lipinski definition) is 5. The fourth-order valence-electron chi connectivity index (χ4n) is 1.18. The Hall–Kier alpha value is -2.21. The normalized spacial score (nSPS) is 10.3. The number of aromatic hydroxyl groups is 2. The van der Waals surface area contributed by atoms with E-state index in [0.29, 0.717) is 11.5 Å². The number of benzene rings is 2. The van der Waals surface area contributed by atoms with Gasteiger partial charge in [0, 0.05) is 0 Å².